The number of oxazole rings is 1. The molecule has 1 N–H and O–H groups in total. The number of aryl methyl sites for hydroxylation is 2. The van der Waals surface area contributed by atoms with E-state index in [-0.39, 0.29) is 11.3 Å². The van der Waals surface area contributed by atoms with E-state index in [2.05, 4.69) is 10.3 Å². The Morgan fingerprint density at radius 2 is 1.87 bits per heavy atom. The van der Waals surface area contributed by atoms with E-state index < -0.39 is 10.8 Å². The van der Waals surface area contributed by atoms with Crippen LogP contribution in [-0.2, 0) is 0 Å². The van der Waals surface area contributed by atoms with Crippen molar-refractivity contribution in [3.8, 4) is 11.5 Å². The maximum Gasteiger partial charge on any atom is 0.273 e. The monoisotopic (exact) mass is 401 g/mol. The van der Waals surface area contributed by atoms with Crippen molar-refractivity contribution < 1.29 is 14.1 Å². The Morgan fingerprint density at radius 3 is 2.63 bits per heavy atom. The van der Waals surface area contributed by atoms with Crippen LogP contribution in [0.1, 0.15) is 27.0 Å². The number of hydrogen-bond acceptors (Lipinski definition) is 5. The molecule has 1 amide bonds. The van der Waals surface area contributed by atoms with Crippen LogP contribution in [0.5, 0.6) is 0 Å². The van der Waals surface area contributed by atoms with E-state index in [1.165, 1.54) is 6.07 Å². The molecule has 150 valence electrons. The minimum atomic E-state index is -0.493. The van der Waals surface area contributed by atoms with Gasteiger partial charge < -0.3 is 9.73 Å². The second-order valence-electron chi connectivity index (χ2n) is 7.18. The number of aromatic nitrogens is 1. The van der Waals surface area contributed by atoms with E-state index in [0.29, 0.717) is 22.7 Å². The normalized spacial score (nSPS) is 10.9. The van der Waals surface area contributed by atoms with Crippen molar-refractivity contribution in [2.45, 2.75) is 20.8 Å². The van der Waals surface area contributed by atoms with Gasteiger partial charge in [-0.05, 0) is 62.2 Å². The fourth-order valence-electron chi connectivity index (χ4n) is 3.30. The van der Waals surface area contributed by atoms with E-state index in [1.807, 2.05) is 38.1 Å². The number of nitrogens with one attached hydrogen (secondary N) is 1. The Morgan fingerprint density at radius 1 is 1.07 bits per heavy atom. The van der Waals surface area contributed by atoms with Gasteiger partial charge in [0.15, 0.2) is 5.58 Å². The highest BCUT2D eigenvalue weighted by Gasteiger charge is 2.17. The van der Waals surface area contributed by atoms with Crippen LogP contribution in [-0.4, -0.2) is 15.8 Å². The topological polar surface area (TPSA) is 98.3 Å². The Balaban J connectivity index is 1.67. The third kappa shape index (κ3) is 3.53. The van der Waals surface area contributed by atoms with Crippen LogP contribution in [0.25, 0.3) is 22.6 Å². The molecule has 0 bridgehead atoms. The molecule has 7 nitrogen and oxygen atoms in total. The molecule has 0 aliphatic rings. The lowest BCUT2D eigenvalue weighted by Crippen LogP contribution is -2.13. The predicted octanol–water partition coefficient (Wildman–Crippen LogP) is 5.58. The van der Waals surface area contributed by atoms with Gasteiger partial charge in [-0.25, -0.2) is 4.98 Å². The molecule has 0 unspecified atom stereocenters. The van der Waals surface area contributed by atoms with Crippen molar-refractivity contribution in [2.75, 3.05) is 5.32 Å². The van der Waals surface area contributed by atoms with Gasteiger partial charge in [0.2, 0.25) is 5.89 Å². The van der Waals surface area contributed by atoms with Crippen molar-refractivity contribution in [3.63, 3.8) is 0 Å². The second kappa shape index (κ2) is 7.44. The van der Waals surface area contributed by atoms with E-state index in [4.69, 9.17) is 4.42 Å². The zero-order valence-corrected chi connectivity index (χ0v) is 16.7. The van der Waals surface area contributed by atoms with E-state index in [9.17, 15) is 14.9 Å². The molecule has 0 saturated carbocycles. The number of carbonyl (C=O) groups excluding carboxylic acids is 1. The quantitative estimate of drug-likeness (QED) is 0.355. The molecule has 0 radical (unpaired) electrons. The van der Waals surface area contributed by atoms with Gasteiger partial charge in [-0.15, -0.1) is 0 Å². The zero-order chi connectivity index (χ0) is 21.4. The van der Waals surface area contributed by atoms with Gasteiger partial charge in [0.05, 0.1) is 4.92 Å². The number of amides is 1. The molecule has 30 heavy (non-hydrogen) atoms. The number of benzene rings is 3. The summed E-state index contributed by atoms with van der Waals surface area (Å²) < 4.78 is 5.89. The van der Waals surface area contributed by atoms with Crippen molar-refractivity contribution >= 4 is 28.4 Å². The maximum atomic E-state index is 12.7. The summed E-state index contributed by atoms with van der Waals surface area (Å²) in [7, 11) is 0. The Labute approximate surface area is 172 Å². The van der Waals surface area contributed by atoms with Crippen LogP contribution in [0, 0.1) is 30.9 Å². The first-order valence-corrected chi connectivity index (χ1v) is 9.37. The Hall–Kier alpha value is -4.00. The molecule has 0 aliphatic carbocycles. The highest BCUT2D eigenvalue weighted by Crippen LogP contribution is 2.31. The standard InChI is InChI=1S/C23H19N3O4/c1-13-7-10-21-19(11-13)25-23(30-21)17-5-4-6-18(15(17)3)24-22(27)16-9-8-14(2)20(12-16)26(28)29/h4-12H,1-3H3,(H,24,27). The molecule has 0 saturated heterocycles. The van der Waals surface area contributed by atoms with Gasteiger partial charge in [-0.3, -0.25) is 14.9 Å². The average Bonchev–Trinajstić information content (AvgIpc) is 3.12. The molecular formula is C23H19N3O4. The molecule has 0 fully saturated rings. The number of nitrogens with zero attached hydrogens (tertiary/aromatic N) is 2. The van der Waals surface area contributed by atoms with Gasteiger partial charge in [0.25, 0.3) is 11.6 Å². The Kier molecular flexibility index (Phi) is 4.79. The summed E-state index contributed by atoms with van der Waals surface area (Å²) in [6.07, 6.45) is 0. The van der Waals surface area contributed by atoms with Gasteiger partial charge >= 0.3 is 0 Å². The number of nitro benzene ring substituents is 1. The summed E-state index contributed by atoms with van der Waals surface area (Å²) in [5.41, 5.74) is 5.31. The van der Waals surface area contributed by atoms with Crippen molar-refractivity contribution in [3.05, 3.63) is 87.0 Å². The highest BCUT2D eigenvalue weighted by atomic mass is 16.6. The molecule has 4 rings (SSSR count). The third-order valence-electron chi connectivity index (χ3n) is 5.02. The van der Waals surface area contributed by atoms with Crippen LogP contribution in [0.3, 0.4) is 0 Å². The first kappa shape index (κ1) is 19.3. The van der Waals surface area contributed by atoms with Crippen LogP contribution in [0.2, 0.25) is 0 Å². The smallest absolute Gasteiger partial charge is 0.273 e. The van der Waals surface area contributed by atoms with Gasteiger partial charge in [-0.2, -0.15) is 0 Å². The van der Waals surface area contributed by atoms with E-state index >= 15 is 0 Å². The van der Waals surface area contributed by atoms with Gasteiger partial charge in [0, 0.05) is 28.4 Å². The van der Waals surface area contributed by atoms with Crippen molar-refractivity contribution in [1.29, 1.82) is 0 Å². The highest BCUT2D eigenvalue weighted by molar-refractivity contribution is 6.05. The Bertz CT molecular complexity index is 1310. The van der Waals surface area contributed by atoms with E-state index in [1.54, 1.807) is 31.2 Å². The van der Waals surface area contributed by atoms with Crippen LogP contribution in [0.4, 0.5) is 11.4 Å². The number of nitro groups is 1. The van der Waals surface area contributed by atoms with Crippen molar-refractivity contribution in [2.24, 2.45) is 0 Å². The lowest BCUT2D eigenvalue weighted by atomic mass is 10.1. The van der Waals surface area contributed by atoms with Crippen LogP contribution >= 0.6 is 0 Å². The molecule has 1 heterocycles. The second-order valence-corrected chi connectivity index (χ2v) is 7.18. The summed E-state index contributed by atoms with van der Waals surface area (Å²) in [6.45, 7) is 5.49. The molecule has 7 heteroatoms. The number of hydrogen-bond donors (Lipinski definition) is 1. The molecule has 4 aromatic rings. The fourth-order valence-corrected chi connectivity index (χ4v) is 3.30. The van der Waals surface area contributed by atoms with Gasteiger partial charge in [-0.1, -0.05) is 18.2 Å². The zero-order valence-electron chi connectivity index (χ0n) is 16.7. The average molecular weight is 401 g/mol. The summed E-state index contributed by atoms with van der Waals surface area (Å²) in [6, 6.07) is 15.7. The van der Waals surface area contributed by atoms with Crippen LogP contribution in [0.15, 0.2) is 59.0 Å². The molecule has 3 aromatic carbocycles. The lowest BCUT2D eigenvalue weighted by Gasteiger charge is -2.11. The SMILES string of the molecule is Cc1ccc2oc(-c3cccc(NC(=O)c4ccc(C)c([N+](=O)[O-])c4)c3C)nc2c1. The summed E-state index contributed by atoms with van der Waals surface area (Å²) >= 11 is 0. The van der Waals surface area contributed by atoms with Crippen LogP contribution < -0.4 is 5.32 Å². The van der Waals surface area contributed by atoms with Gasteiger partial charge in [0.1, 0.15) is 5.52 Å². The predicted molar refractivity (Wildman–Crippen MR) is 115 cm³/mol. The number of carbonyl (C=O) groups is 1. The molecule has 0 spiro atoms. The number of fused-ring (bicyclic) bond motifs is 1. The summed E-state index contributed by atoms with van der Waals surface area (Å²) in [4.78, 5) is 27.9. The summed E-state index contributed by atoms with van der Waals surface area (Å²) in [5.74, 6) is 0.0433. The first-order valence-electron chi connectivity index (χ1n) is 9.37. The first-order chi connectivity index (χ1) is 14.3. The third-order valence-corrected chi connectivity index (χ3v) is 5.02. The largest absolute Gasteiger partial charge is 0.436 e. The van der Waals surface area contributed by atoms with E-state index in [0.717, 1.165) is 22.2 Å². The van der Waals surface area contributed by atoms with Crippen molar-refractivity contribution in [1.82, 2.24) is 4.98 Å². The summed E-state index contributed by atoms with van der Waals surface area (Å²) in [5, 5.41) is 14.0. The maximum absolute atomic E-state index is 12.7. The molecule has 0 atom stereocenters. The minimum Gasteiger partial charge on any atom is -0.436 e. The minimum absolute atomic E-state index is 0.0881. The number of rotatable bonds is 4. The number of anilines is 1. The molecule has 0 aliphatic heterocycles. The lowest BCUT2D eigenvalue weighted by molar-refractivity contribution is -0.385. The molecule has 1 aromatic heterocycles. The fraction of sp³-hybridized carbons (Fsp3) is 0.130. The molecular weight excluding hydrogens is 382 g/mol.